The molecule has 1 saturated carbocycles. The van der Waals surface area contributed by atoms with Crippen molar-refractivity contribution in [1.82, 2.24) is 10.4 Å². The number of para-hydroxylation sites is 1. The molecule has 1 heterocycles. The second kappa shape index (κ2) is 11.4. The van der Waals surface area contributed by atoms with E-state index in [0.717, 1.165) is 25.7 Å². The fraction of sp³-hybridized carbons (Fsp3) is 0.560. The molecule has 2 amide bonds. The Morgan fingerprint density at radius 1 is 1.18 bits per heavy atom. The summed E-state index contributed by atoms with van der Waals surface area (Å²) in [5, 5.41) is 20.4. The third kappa shape index (κ3) is 4.75. The summed E-state index contributed by atoms with van der Waals surface area (Å²) in [5.74, 6) is -2.17. The maximum Gasteiger partial charge on any atom is 0.290 e. The van der Waals surface area contributed by atoms with E-state index >= 15 is 0 Å². The Bertz CT molecular complexity index is 953. The molecule has 0 spiro atoms. The number of carbonyl (C=O) groups excluding carboxylic acids is 3. The van der Waals surface area contributed by atoms with Crippen LogP contribution in [0.15, 0.2) is 29.5 Å². The number of ether oxygens (including phenoxy) is 2. The minimum absolute atomic E-state index is 0.0318. The number of unbranched alkanes of at least 4 members (excludes halogenated alkanes) is 1. The molecule has 0 saturated heterocycles. The number of carbonyl (C=O) groups is 3. The lowest BCUT2D eigenvalue weighted by Gasteiger charge is -2.34. The average Bonchev–Trinajstić information content (AvgIpc) is 3.13. The molecule has 0 radical (unpaired) electrons. The number of aliphatic hydroxyl groups is 1. The molecule has 1 aromatic rings. The molecule has 1 fully saturated rings. The molecule has 1 aliphatic carbocycles. The summed E-state index contributed by atoms with van der Waals surface area (Å²) in [6.45, 7) is 1.94. The van der Waals surface area contributed by atoms with Crippen molar-refractivity contribution < 1.29 is 34.2 Å². The second-order valence-corrected chi connectivity index (χ2v) is 8.79. The van der Waals surface area contributed by atoms with Gasteiger partial charge in [-0.25, -0.2) is 5.48 Å². The Kier molecular flexibility index (Phi) is 8.55. The molecular formula is C25H34N2O7. The summed E-state index contributed by atoms with van der Waals surface area (Å²) in [6.07, 6.45) is 5.80. The fourth-order valence-corrected chi connectivity index (χ4v) is 5.08. The first-order chi connectivity index (χ1) is 16.4. The molecule has 186 valence electrons. The zero-order chi connectivity index (χ0) is 24.8. The molecule has 0 bridgehead atoms. The van der Waals surface area contributed by atoms with Crippen molar-refractivity contribution in [3.8, 4) is 11.5 Å². The van der Waals surface area contributed by atoms with E-state index in [1.54, 1.807) is 23.7 Å². The molecule has 9 nitrogen and oxygen atoms in total. The average molecular weight is 475 g/mol. The van der Waals surface area contributed by atoms with Gasteiger partial charge in [-0.05, 0) is 25.3 Å². The quantitative estimate of drug-likeness (QED) is 0.349. The van der Waals surface area contributed by atoms with Crippen LogP contribution in [0.5, 0.6) is 11.5 Å². The van der Waals surface area contributed by atoms with Crippen LogP contribution in [0.3, 0.4) is 0 Å². The lowest BCUT2D eigenvalue weighted by atomic mass is 9.81. The predicted octanol–water partition coefficient (Wildman–Crippen LogP) is 3.61. The van der Waals surface area contributed by atoms with Crippen LogP contribution in [0.4, 0.5) is 0 Å². The van der Waals surface area contributed by atoms with Gasteiger partial charge < -0.3 is 19.5 Å². The molecule has 3 rings (SSSR count). The van der Waals surface area contributed by atoms with Crippen molar-refractivity contribution in [2.24, 2.45) is 5.92 Å². The Morgan fingerprint density at radius 2 is 1.88 bits per heavy atom. The van der Waals surface area contributed by atoms with Gasteiger partial charge in [-0.1, -0.05) is 51.2 Å². The number of ketones is 1. The van der Waals surface area contributed by atoms with E-state index in [4.69, 9.17) is 9.47 Å². The number of hydroxylamine groups is 1. The molecule has 2 unspecified atom stereocenters. The van der Waals surface area contributed by atoms with Crippen LogP contribution < -0.4 is 15.0 Å². The van der Waals surface area contributed by atoms with Crippen LogP contribution in [0, 0.1) is 5.92 Å². The van der Waals surface area contributed by atoms with Crippen molar-refractivity contribution in [3.63, 3.8) is 0 Å². The minimum atomic E-state index is -1.10. The van der Waals surface area contributed by atoms with E-state index in [2.05, 4.69) is 0 Å². The smallest absolute Gasteiger partial charge is 0.290 e. The maximum absolute atomic E-state index is 13.7. The summed E-state index contributed by atoms with van der Waals surface area (Å²) in [4.78, 5) is 41.0. The molecule has 34 heavy (non-hydrogen) atoms. The Hall–Kier alpha value is -3.07. The van der Waals surface area contributed by atoms with E-state index in [1.807, 2.05) is 6.92 Å². The van der Waals surface area contributed by atoms with Gasteiger partial charge in [0.25, 0.3) is 11.8 Å². The Morgan fingerprint density at radius 3 is 2.47 bits per heavy atom. The SMILES string of the molecule is CCCCC(C(=O)NO)N1C(=O)C(O)=C(C(=O)C2CCCCC2)C1c1cccc(OC)c1OC. The van der Waals surface area contributed by atoms with Gasteiger partial charge in [-0.3, -0.25) is 19.6 Å². The van der Waals surface area contributed by atoms with Gasteiger partial charge in [0, 0.05) is 11.5 Å². The number of Topliss-reactive ketones (excluding diaryl/α,β-unsaturated/α-hetero) is 1. The molecule has 9 heteroatoms. The molecule has 1 aliphatic heterocycles. The number of amides is 2. The van der Waals surface area contributed by atoms with Crippen molar-refractivity contribution in [1.29, 1.82) is 0 Å². The second-order valence-electron chi connectivity index (χ2n) is 8.79. The molecule has 1 aromatic carbocycles. The molecule has 0 aromatic heterocycles. The summed E-state index contributed by atoms with van der Waals surface area (Å²) in [5.41, 5.74) is 2.03. The number of aliphatic hydroxyl groups excluding tert-OH is 1. The third-order valence-corrected chi connectivity index (χ3v) is 6.79. The summed E-state index contributed by atoms with van der Waals surface area (Å²) < 4.78 is 11.0. The van der Waals surface area contributed by atoms with Gasteiger partial charge in [0.15, 0.2) is 23.0 Å². The monoisotopic (exact) mass is 474 g/mol. The van der Waals surface area contributed by atoms with Gasteiger partial charge in [0.2, 0.25) is 0 Å². The Balaban J connectivity index is 2.19. The van der Waals surface area contributed by atoms with Crippen LogP contribution >= 0.6 is 0 Å². The highest BCUT2D eigenvalue weighted by atomic mass is 16.5. The highest BCUT2D eigenvalue weighted by Crippen LogP contribution is 2.47. The molecular weight excluding hydrogens is 440 g/mol. The van der Waals surface area contributed by atoms with Crippen LogP contribution in [0.2, 0.25) is 0 Å². The van der Waals surface area contributed by atoms with Crippen molar-refractivity contribution in [2.45, 2.75) is 70.4 Å². The van der Waals surface area contributed by atoms with E-state index < -0.39 is 29.7 Å². The van der Waals surface area contributed by atoms with E-state index in [1.165, 1.54) is 19.1 Å². The van der Waals surface area contributed by atoms with Crippen LogP contribution in [-0.4, -0.2) is 53.1 Å². The molecule has 2 aliphatic rings. The molecule has 2 atom stereocenters. The number of hydrogen-bond donors (Lipinski definition) is 3. The van der Waals surface area contributed by atoms with Crippen molar-refractivity contribution >= 4 is 17.6 Å². The van der Waals surface area contributed by atoms with Gasteiger partial charge in [-0.15, -0.1) is 0 Å². The number of nitrogens with zero attached hydrogens (tertiary/aromatic N) is 1. The van der Waals surface area contributed by atoms with E-state index in [0.29, 0.717) is 36.3 Å². The van der Waals surface area contributed by atoms with Gasteiger partial charge in [-0.2, -0.15) is 0 Å². The highest BCUT2D eigenvalue weighted by Gasteiger charge is 2.50. The number of methoxy groups -OCH3 is 2. The normalized spacial score (nSPS) is 19.8. The van der Waals surface area contributed by atoms with Gasteiger partial charge >= 0.3 is 0 Å². The molecule has 3 N–H and O–H groups in total. The van der Waals surface area contributed by atoms with Crippen LogP contribution in [0.1, 0.15) is 69.9 Å². The minimum Gasteiger partial charge on any atom is -0.503 e. The first kappa shape index (κ1) is 25.6. The lowest BCUT2D eigenvalue weighted by molar-refractivity contribution is -0.144. The number of rotatable bonds is 10. The Labute approximate surface area is 199 Å². The zero-order valence-electron chi connectivity index (χ0n) is 20.0. The first-order valence-corrected chi connectivity index (χ1v) is 11.9. The summed E-state index contributed by atoms with van der Waals surface area (Å²) >= 11 is 0. The summed E-state index contributed by atoms with van der Waals surface area (Å²) in [6, 6.07) is 2.91. The highest BCUT2D eigenvalue weighted by molar-refractivity contribution is 6.11. The topological polar surface area (TPSA) is 125 Å². The number of hydrogen-bond acceptors (Lipinski definition) is 7. The van der Waals surface area contributed by atoms with Crippen LogP contribution in [0.25, 0.3) is 0 Å². The number of nitrogens with one attached hydrogen (secondary N) is 1. The van der Waals surface area contributed by atoms with Crippen molar-refractivity contribution in [2.75, 3.05) is 14.2 Å². The summed E-state index contributed by atoms with van der Waals surface area (Å²) in [7, 11) is 2.92. The number of benzene rings is 1. The largest absolute Gasteiger partial charge is 0.503 e. The lowest BCUT2D eigenvalue weighted by Crippen LogP contribution is -2.49. The van der Waals surface area contributed by atoms with Crippen molar-refractivity contribution in [3.05, 3.63) is 35.1 Å². The standard InChI is InChI=1S/C25H34N2O7/c1-4-5-13-17(24(30)26-32)27-20(16-12-9-14-18(33-2)23(16)34-3)19(22(29)25(27)31)21(28)15-10-7-6-8-11-15/h9,12,14-15,17,20,29,32H,4-8,10-11,13H2,1-3H3,(H,26,30). The van der Waals surface area contributed by atoms with E-state index in [-0.39, 0.29) is 23.7 Å². The maximum atomic E-state index is 13.7. The third-order valence-electron chi connectivity index (χ3n) is 6.79. The van der Waals surface area contributed by atoms with Gasteiger partial charge in [0.1, 0.15) is 6.04 Å². The fourth-order valence-electron chi connectivity index (χ4n) is 5.08. The van der Waals surface area contributed by atoms with E-state index in [9.17, 15) is 24.7 Å². The first-order valence-electron chi connectivity index (χ1n) is 11.9. The zero-order valence-corrected chi connectivity index (χ0v) is 20.0. The predicted molar refractivity (Wildman–Crippen MR) is 124 cm³/mol. The van der Waals surface area contributed by atoms with Crippen LogP contribution in [-0.2, 0) is 14.4 Å². The van der Waals surface area contributed by atoms with Gasteiger partial charge in [0.05, 0.1) is 25.8 Å².